The number of aromatic nitrogens is 2. The molecule has 0 N–H and O–H groups in total. The van der Waals surface area contributed by atoms with Crippen LogP contribution in [0.4, 0.5) is 0 Å². The summed E-state index contributed by atoms with van der Waals surface area (Å²) >= 11 is 3.55. The van der Waals surface area contributed by atoms with Crippen molar-refractivity contribution in [1.82, 2.24) is 9.97 Å². The maximum atomic E-state index is 4.48. The average molecular weight is 300 g/mol. The van der Waals surface area contributed by atoms with Crippen LogP contribution < -0.4 is 0 Å². The van der Waals surface area contributed by atoms with E-state index in [4.69, 9.17) is 0 Å². The SMILES string of the molecule is Cc1ccccc1CSc1ncnc2sc(C)c(C)c12. The molecule has 0 aliphatic heterocycles. The number of thiophene rings is 1. The highest BCUT2D eigenvalue weighted by atomic mass is 32.2. The van der Waals surface area contributed by atoms with Crippen LogP contribution in [0.3, 0.4) is 0 Å². The van der Waals surface area contributed by atoms with Gasteiger partial charge in [-0.3, -0.25) is 0 Å². The van der Waals surface area contributed by atoms with Gasteiger partial charge in [-0.25, -0.2) is 9.97 Å². The number of hydrogen-bond acceptors (Lipinski definition) is 4. The molecule has 0 radical (unpaired) electrons. The molecule has 0 spiro atoms. The van der Waals surface area contributed by atoms with Gasteiger partial charge in [0.25, 0.3) is 0 Å². The lowest BCUT2D eigenvalue weighted by Gasteiger charge is -2.06. The van der Waals surface area contributed by atoms with Gasteiger partial charge in [0, 0.05) is 16.0 Å². The predicted octanol–water partition coefficient (Wildman–Crippen LogP) is 4.91. The average Bonchev–Trinajstić information content (AvgIpc) is 2.74. The molecule has 0 saturated heterocycles. The highest BCUT2D eigenvalue weighted by Crippen LogP contribution is 2.35. The van der Waals surface area contributed by atoms with Crippen molar-refractivity contribution in [2.24, 2.45) is 0 Å². The molecule has 2 heterocycles. The van der Waals surface area contributed by atoms with Crippen molar-refractivity contribution in [2.45, 2.75) is 31.6 Å². The van der Waals surface area contributed by atoms with Crippen molar-refractivity contribution in [3.8, 4) is 0 Å². The summed E-state index contributed by atoms with van der Waals surface area (Å²) in [5, 5.41) is 2.33. The minimum atomic E-state index is 0.952. The van der Waals surface area contributed by atoms with Gasteiger partial charge >= 0.3 is 0 Å². The Labute approximate surface area is 127 Å². The van der Waals surface area contributed by atoms with Gasteiger partial charge < -0.3 is 0 Å². The van der Waals surface area contributed by atoms with Crippen LogP contribution in [-0.2, 0) is 5.75 Å². The Balaban J connectivity index is 1.94. The van der Waals surface area contributed by atoms with Gasteiger partial charge in [0.05, 0.1) is 0 Å². The van der Waals surface area contributed by atoms with Gasteiger partial charge in [-0.15, -0.1) is 23.1 Å². The summed E-state index contributed by atoms with van der Waals surface area (Å²) in [6.07, 6.45) is 1.68. The summed E-state index contributed by atoms with van der Waals surface area (Å²) in [6.45, 7) is 6.47. The number of rotatable bonds is 3. The Bertz CT molecular complexity index is 762. The molecule has 0 unspecified atom stereocenters. The minimum Gasteiger partial charge on any atom is -0.229 e. The standard InChI is InChI=1S/C16H16N2S2/c1-10-6-4-5-7-13(10)8-19-15-14-11(2)12(3)20-16(14)18-9-17-15/h4-7,9H,8H2,1-3H3. The predicted molar refractivity (Wildman–Crippen MR) is 87.6 cm³/mol. The number of hydrogen-bond donors (Lipinski definition) is 0. The molecular formula is C16H16N2S2. The summed E-state index contributed by atoms with van der Waals surface area (Å²) in [6, 6.07) is 8.52. The van der Waals surface area contributed by atoms with Crippen molar-refractivity contribution in [2.75, 3.05) is 0 Å². The fourth-order valence-electron chi connectivity index (χ4n) is 2.18. The molecule has 0 atom stereocenters. The lowest BCUT2D eigenvalue weighted by molar-refractivity contribution is 1.10. The van der Waals surface area contributed by atoms with Crippen molar-refractivity contribution in [3.63, 3.8) is 0 Å². The highest BCUT2D eigenvalue weighted by Gasteiger charge is 2.12. The van der Waals surface area contributed by atoms with Gasteiger partial charge in [0.2, 0.25) is 0 Å². The minimum absolute atomic E-state index is 0.952. The van der Waals surface area contributed by atoms with E-state index in [1.807, 2.05) is 0 Å². The molecule has 0 bridgehead atoms. The number of aryl methyl sites for hydroxylation is 3. The Morgan fingerprint density at radius 1 is 1.10 bits per heavy atom. The first-order chi connectivity index (χ1) is 9.66. The lowest BCUT2D eigenvalue weighted by atomic mass is 10.1. The quantitative estimate of drug-likeness (QED) is 0.508. The number of thioether (sulfide) groups is 1. The number of fused-ring (bicyclic) bond motifs is 1. The van der Waals surface area contributed by atoms with E-state index in [0.717, 1.165) is 15.6 Å². The second-order valence-corrected chi connectivity index (χ2v) is 7.02. The van der Waals surface area contributed by atoms with Crippen LogP contribution in [0.15, 0.2) is 35.6 Å². The highest BCUT2D eigenvalue weighted by molar-refractivity contribution is 7.98. The first kappa shape index (κ1) is 13.6. The molecule has 2 aromatic heterocycles. The van der Waals surface area contributed by atoms with E-state index >= 15 is 0 Å². The van der Waals surface area contributed by atoms with Gasteiger partial charge in [-0.1, -0.05) is 24.3 Å². The van der Waals surface area contributed by atoms with Crippen molar-refractivity contribution in [1.29, 1.82) is 0 Å². The van der Waals surface area contributed by atoms with Crippen molar-refractivity contribution in [3.05, 3.63) is 52.2 Å². The molecule has 0 saturated carbocycles. The monoisotopic (exact) mass is 300 g/mol. The van der Waals surface area contributed by atoms with Gasteiger partial charge in [0.1, 0.15) is 16.2 Å². The molecule has 4 heteroatoms. The Hall–Kier alpha value is -1.39. The molecule has 0 fully saturated rings. The molecule has 3 aromatic rings. The van der Waals surface area contributed by atoms with E-state index in [-0.39, 0.29) is 0 Å². The van der Waals surface area contributed by atoms with Crippen LogP contribution in [0.25, 0.3) is 10.2 Å². The first-order valence-corrected chi connectivity index (χ1v) is 8.35. The molecular weight excluding hydrogens is 284 g/mol. The summed E-state index contributed by atoms with van der Waals surface area (Å²) in [4.78, 5) is 11.3. The normalized spacial score (nSPS) is 11.2. The Kier molecular flexibility index (Phi) is 3.76. The van der Waals surface area contributed by atoms with Gasteiger partial charge in [-0.2, -0.15) is 0 Å². The number of nitrogens with zero attached hydrogens (tertiary/aromatic N) is 2. The van der Waals surface area contributed by atoms with Crippen molar-refractivity contribution < 1.29 is 0 Å². The third kappa shape index (κ3) is 2.45. The third-order valence-corrected chi connectivity index (χ3v) is 5.71. The van der Waals surface area contributed by atoms with E-state index in [1.165, 1.54) is 27.0 Å². The van der Waals surface area contributed by atoms with Crippen LogP contribution >= 0.6 is 23.1 Å². The zero-order chi connectivity index (χ0) is 14.1. The topological polar surface area (TPSA) is 25.8 Å². The zero-order valence-electron chi connectivity index (χ0n) is 11.8. The van der Waals surface area contributed by atoms with Gasteiger partial charge in [0.15, 0.2) is 0 Å². The van der Waals surface area contributed by atoms with E-state index in [9.17, 15) is 0 Å². The zero-order valence-corrected chi connectivity index (χ0v) is 13.4. The van der Waals surface area contributed by atoms with E-state index in [0.29, 0.717) is 0 Å². The Morgan fingerprint density at radius 2 is 1.90 bits per heavy atom. The molecule has 2 nitrogen and oxygen atoms in total. The molecule has 3 rings (SSSR count). The fraction of sp³-hybridized carbons (Fsp3) is 0.250. The van der Waals surface area contributed by atoms with Crippen LogP contribution in [0.5, 0.6) is 0 Å². The summed E-state index contributed by atoms with van der Waals surface area (Å²) < 4.78 is 0. The summed E-state index contributed by atoms with van der Waals surface area (Å²) in [5.74, 6) is 0.952. The first-order valence-electron chi connectivity index (χ1n) is 6.55. The largest absolute Gasteiger partial charge is 0.229 e. The lowest BCUT2D eigenvalue weighted by Crippen LogP contribution is -1.89. The van der Waals surface area contributed by atoms with Crippen LogP contribution in [0.1, 0.15) is 21.6 Å². The van der Waals surface area contributed by atoms with Gasteiger partial charge in [-0.05, 0) is 37.5 Å². The summed E-state index contributed by atoms with van der Waals surface area (Å²) in [5.41, 5.74) is 4.02. The molecule has 20 heavy (non-hydrogen) atoms. The van der Waals surface area contributed by atoms with Crippen LogP contribution in [0, 0.1) is 20.8 Å². The second-order valence-electron chi connectivity index (χ2n) is 4.86. The summed E-state index contributed by atoms with van der Waals surface area (Å²) in [7, 11) is 0. The molecule has 102 valence electrons. The maximum Gasteiger partial charge on any atom is 0.128 e. The molecule has 0 aliphatic carbocycles. The molecule has 1 aromatic carbocycles. The van der Waals surface area contributed by atoms with Crippen LogP contribution in [0.2, 0.25) is 0 Å². The second kappa shape index (κ2) is 5.54. The van der Waals surface area contributed by atoms with Crippen molar-refractivity contribution >= 4 is 33.3 Å². The van der Waals surface area contributed by atoms with E-state index in [2.05, 4.69) is 55.0 Å². The Morgan fingerprint density at radius 3 is 2.70 bits per heavy atom. The molecule has 0 aliphatic rings. The van der Waals surface area contributed by atoms with Crippen LogP contribution in [-0.4, -0.2) is 9.97 Å². The maximum absolute atomic E-state index is 4.48. The van der Waals surface area contributed by atoms with E-state index < -0.39 is 0 Å². The smallest absolute Gasteiger partial charge is 0.128 e. The third-order valence-electron chi connectivity index (χ3n) is 3.56. The molecule has 0 amide bonds. The fourth-order valence-corrected chi connectivity index (χ4v) is 4.37. The number of benzene rings is 1. The van der Waals surface area contributed by atoms with E-state index in [1.54, 1.807) is 29.4 Å².